The topological polar surface area (TPSA) is 72.4 Å². The van der Waals surface area contributed by atoms with Crippen molar-refractivity contribution in [1.82, 2.24) is 4.90 Å². The Kier molecular flexibility index (Phi) is 5.72. The minimum absolute atomic E-state index is 0.0530. The van der Waals surface area contributed by atoms with E-state index in [0.717, 1.165) is 42.4 Å². The molecule has 0 radical (unpaired) electrons. The number of nitrogens with two attached hydrogens (primary N) is 1. The average Bonchev–Trinajstić information content (AvgIpc) is 2.47. The summed E-state index contributed by atoms with van der Waals surface area (Å²) in [6.07, 6.45) is 3.19. The van der Waals surface area contributed by atoms with E-state index in [2.05, 4.69) is 27.8 Å². The van der Waals surface area contributed by atoms with E-state index in [0.29, 0.717) is 6.54 Å². The van der Waals surface area contributed by atoms with Crippen molar-refractivity contribution in [2.24, 2.45) is 11.7 Å². The molecule has 21 heavy (non-hydrogen) atoms. The van der Waals surface area contributed by atoms with Crippen molar-refractivity contribution < 1.29 is 4.92 Å². The van der Waals surface area contributed by atoms with E-state index in [9.17, 15) is 10.1 Å². The van der Waals surface area contributed by atoms with Crippen LogP contribution in [0.15, 0.2) is 22.7 Å². The Balaban J connectivity index is 2.45. The zero-order valence-corrected chi connectivity index (χ0v) is 13.9. The molecular weight excluding hydrogens is 334 g/mol. The SMILES string of the molecule is CCCN1CCCC(CN)C1c1ccc(Br)cc1[N+](=O)[O-]. The van der Waals surface area contributed by atoms with Gasteiger partial charge in [-0.1, -0.05) is 22.9 Å². The van der Waals surface area contributed by atoms with Crippen LogP contribution in [-0.4, -0.2) is 29.5 Å². The van der Waals surface area contributed by atoms with Crippen molar-refractivity contribution in [3.63, 3.8) is 0 Å². The molecule has 0 amide bonds. The Morgan fingerprint density at radius 2 is 2.29 bits per heavy atom. The van der Waals surface area contributed by atoms with E-state index in [1.807, 2.05) is 12.1 Å². The van der Waals surface area contributed by atoms with E-state index in [4.69, 9.17) is 5.73 Å². The number of piperidine rings is 1. The molecule has 0 bridgehead atoms. The summed E-state index contributed by atoms with van der Waals surface area (Å²) in [7, 11) is 0. The Morgan fingerprint density at radius 1 is 1.52 bits per heavy atom. The van der Waals surface area contributed by atoms with Gasteiger partial charge in [0.05, 0.1) is 4.92 Å². The van der Waals surface area contributed by atoms with Crippen molar-refractivity contribution >= 4 is 21.6 Å². The van der Waals surface area contributed by atoms with E-state index in [-0.39, 0.29) is 22.6 Å². The van der Waals surface area contributed by atoms with Crippen LogP contribution in [0.4, 0.5) is 5.69 Å². The maximum atomic E-state index is 11.4. The lowest BCUT2D eigenvalue weighted by Gasteiger charge is -2.41. The fraction of sp³-hybridized carbons (Fsp3) is 0.600. The van der Waals surface area contributed by atoms with Crippen molar-refractivity contribution in [2.45, 2.75) is 32.2 Å². The quantitative estimate of drug-likeness (QED) is 0.648. The molecule has 1 aromatic carbocycles. The first-order valence-electron chi connectivity index (χ1n) is 7.46. The second kappa shape index (κ2) is 7.33. The monoisotopic (exact) mass is 355 g/mol. The summed E-state index contributed by atoms with van der Waals surface area (Å²) in [6, 6.07) is 5.41. The summed E-state index contributed by atoms with van der Waals surface area (Å²) in [6.45, 7) is 4.65. The highest BCUT2D eigenvalue weighted by atomic mass is 79.9. The molecular formula is C15H22BrN3O2. The largest absolute Gasteiger partial charge is 0.330 e. The van der Waals surface area contributed by atoms with Crippen molar-refractivity contribution in [3.05, 3.63) is 38.3 Å². The number of hydrogen-bond acceptors (Lipinski definition) is 4. The van der Waals surface area contributed by atoms with Crippen LogP contribution in [0.25, 0.3) is 0 Å². The molecule has 1 aliphatic heterocycles. The summed E-state index contributed by atoms with van der Waals surface area (Å²) in [5.41, 5.74) is 6.93. The second-order valence-electron chi connectivity index (χ2n) is 5.58. The van der Waals surface area contributed by atoms with E-state index >= 15 is 0 Å². The van der Waals surface area contributed by atoms with Gasteiger partial charge in [-0.05, 0) is 56.9 Å². The number of halogens is 1. The molecule has 5 nitrogen and oxygen atoms in total. The first kappa shape index (κ1) is 16.4. The number of nitro groups is 1. The minimum Gasteiger partial charge on any atom is -0.330 e. The van der Waals surface area contributed by atoms with Crippen LogP contribution >= 0.6 is 15.9 Å². The molecule has 1 aromatic rings. The lowest BCUT2D eigenvalue weighted by molar-refractivity contribution is -0.386. The molecule has 1 heterocycles. The third-order valence-corrected chi connectivity index (χ3v) is 4.67. The zero-order chi connectivity index (χ0) is 15.4. The molecule has 1 fully saturated rings. The summed E-state index contributed by atoms with van der Waals surface area (Å²) >= 11 is 3.32. The van der Waals surface area contributed by atoms with E-state index < -0.39 is 0 Å². The van der Waals surface area contributed by atoms with Crippen LogP contribution in [-0.2, 0) is 0 Å². The van der Waals surface area contributed by atoms with Gasteiger partial charge in [-0.2, -0.15) is 0 Å². The maximum Gasteiger partial charge on any atom is 0.275 e. The first-order valence-corrected chi connectivity index (χ1v) is 8.25. The molecule has 0 spiro atoms. The zero-order valence-electron chi connectivity index (χ0n) is 12.3. The van der Waals surface area contributed by atoms with Gasteiger partial charge in [-0.25, -0.2) is 0 Å². The number of benzene rings is 1. The molecule has 0 aliphatic carbocycles. The molecule has 2 rings (SSSR count). The van der Waals surface area contributed by atoms with Crippen LogP contribution in [0.1, 0.15) is 37.8 Å². The predicted molar refractivity (Wildman–Crippen MR) is 87.2 cm³/mol. The third-order valence-electron chi connectivity index (χ3n) is 4.18. The van der Waals surface area contributed by atoms with Gasteiger partial charge in [0.2, 0.25) is 0 Å². The number of nitro benzene ring substituents is 1. The second-order valence-corrected chi connectivity index (χ2v) is 6.49. The molecule has 1 aliphatic rings. The average molecular weight is 356 g/mol. The predicted octanol–water partition coefficient (Wildman–Crippen LogP) is 3.48. The molecule has 2 N–H and O–H groups in total. The van der Waals surface area contributed by atoms with E-state index in [1.54, 1.807) is 6.07 Å². The standard InChI is InChI=1S/C15H22BrN3O2/c1-2-7-18-8-3-4-11(10-17)15(18)13-6-5-12(16)9-14(13)19(20)21/h5-6,9,11,15H,2-4,7-8,10,17H2,1H3. The van der Waals surface area contributed by atoms with Crippen LogP contribution in [0.3, 0.4) is 0 Å². The van der Waals surface area contributed by atoms with Crippen LogP contribution < -0.4 is 5.73 Å². The van der Waals surface area contributed by atoms with Crippen molar-refractivity contribution in [2.75, 3.05) is 19.6 Å². The molecule has 1 saturated heterocycles. The maximum absolute atomic E-state index is 11.4. The van der Waals surface area contributed by atoms with Crippen LogP contribution in [0, 0.1) is 16.0 Å². The van der Waals surface area contributed by atoms with Crippen LogP contribution in [0.5, 0.6) is 0 Å². The van der Waals surface area contributed by atoms with Gasteiger partial charge in [-0.3, -0.25) is 15.0 Å². The Bertz CT molecular complexity index is 508. The van der Waals surface area contributed by atoms with Gasteiger partial charge < -0.3 is 5.73 Å². The van der Waals surface area contributed by atoms with Gasteiger partial charge in [0, 0.05) is 22.1 Å². The van der Waals surface area contributed by atoms with Gasteiger partial charge in [-0.15, -0.1) is 0 Å². The molecule has 0 aromatic heterocycles. The lowest BCUT2D eigenvalue weighted by Crippen LogP contribution is -2.42. The van der Waals surface area contributed by atoms with Gasteiger partial charge in [0.1, 0.15) is 0 Å². The normalized spacial score (nSPS) is 23.2. The van der Waals surface area contributed by atoms with E-state index in [1.165, 1.54) is 0 Å². The molecule has 6 heteroatoms. The number of nitrogens with zero attached hydrogens (tertiary/aromatic N) is 2. The summed E-state index contributed by atoms with van der Waals surface area (Å²) < 4.78 is 0.736. The molecule has 2 atom stereocenters. The highest BCUT2D eigenvalue weighted by Gasteiger charge is 2.35. The van der Waals surface area contributed by atoms with Crippen molar-refractivity contribution in [3.8, 4) is 0 Å². The van der Waals surface area contributed by atoms with Gasteiger partial charge in [0.25, 0.3) is 5.69 Å². The Hall–Kier alpha value is -0.980. The Morgan fingerprint density at radius 3 is 2.90 bits per heavy atom. The minimum atomic E-state index is -0.285. The highest BCUT2D eigenvalue weighted by Crippen LogP contribution is 2.40. The first-order chi connectivity index (χ1) is 10.1. The fourth-order valence-corrected chi connectivity index (χ4v) is 3.66. The lowest BCUT2D eigenvalue weighted by atomic mass is 9.84. The van der Waals surface area contributed by atoms with Gasteiger partial charge >= 0.3 is 0 Å². The van der Waals surface area contributed by atoms with Crippen molar-refractivity contribution in [1.29, 1.82) is 0 Å². The molecule has 2 unspecified atom stereocenters. The number of rotatable bonds is 5. The number of likely N-dealkylation sites (tertiary alicyclic amines) is 1. The highest BCUT2D eigenvalue weighted by molar-refractivity contribution is 9.10. The third kappa shape index (κ3) is 3.62. The Labute approximate surface area is 133 Å². The molecule has 0 saturated carbocycles. The molecule has 116 valence electrons. The summed E-state index contributed by atoms with van der Waals surface area (Å²) in [5.74, 6) is 0.283. The van der Waals surface area contributed by atoms with Crippen LogP contribution in [0.2, 0.25) is 0 Å². The van der Waals surface area contributed by atoms with Gasteiger partial charge in [0.15, 0.2) is 0 Å². The fourth-order valence-electron chi connectivity index (χ4n) is 3.31. The summed E-state index contributed by atoms with van der Waals surface area (Å²) in [5, 5.41) is 11.4. The number of hydrogen-bond donors (Lipinski definition) is 1. The smallest absolute Gasteiger partial charge is 0.275 e. The summed E-state index contributed by atoms with van der Waals surface area (Å²) in [4.78, 5) is 13.5.